The number of amides is 1. The molecule has 0 fully saturated rings. The lowest BCUT2D eigenvalue weighted by Gasteiger charge is -2.07. The van der Waals surface area contributed by atoms with Crippen molar-refractivity contribution < 1.29 is 9.18 Å². The molecule has 0 aliphatic heterocycles. The Morgan fingerprint density at radius 3 is 2.84 bits per heavy atom. The Kier molecular flexibility index (Phi) is 3.62. The number of nitrogens with zero attached hydrogens (tertiary/aromatic N) is 2. The van der Waals surface area contributed by atoms with E-state index in [1.165, 1.54) is 29.1 Å². The van der Waals surface area contributed by atoms with Crippen molar-refractivity contribution in [3.63, 3.8) is 0 Å². The van der Waals surface area contributed by atoms with Gasteiger partial charge >= 0.3 is 0 Å². The second-order valence-electron chi connectivity index (χ2n) is 3.82. The summed E-state index contributed by atoms with van der Waals surface area (Å²) in [4.78, 5) is 26.1. The van der Waals surface area contributed by atoms with E-state index >= 15 is 0 Å². The van der Waals surface area contributed by atoms with E-state index in [1.807, 2.05) is 0 Å². The third-order valence-electron chi connectivity index (χ3n) is 2.55. The number of nitrogens with two attached hydrogens (primary N) is 1. The van der Waals surface area contributed by atoms with Gasteiger partial charge in [-0.05, 0) is 12.1 Å². The third kappa shape index (κ3) is 2.79. The Labute approximate surface area is 112 Å². The van der Waals surface area contributed by atoms with Crippen LogP contribution in [0.3, 0.4) is 0 Å². The molecule has 2 aromatic rings. The topological polar surface area (TPSA) is 78.0 Å². The average molecular weight is 282 g/mol. The molecule has 0 aliphatic carbocycles. The van der Waals surface area contributed by atoms with Crippen molar-refractivity contribution in [1.82, 2.24) is 9.55 Å². The SMILES string of the molecule is NC(=O)c1ccc(Cn2ccnc(Cl)c2=O)c(F)c1. The van der Waals surface area contributed by atoms with Gasteiger partial charge in [-0.1, -0.05) is 17.7 Å². The number of primary amides is 1. The first-order valence-corrected chi connectivity index (χ1v) is 5.66. The minimum absolute atomic E-state index is 0.00799. The Morgan fingerprint density at radius 1 is 1.47 bits per heavy atom. The number of rotatable bonds is 3. The van der Waals surface area contributed by atoms with Crippen molar-refractivity contribution in [2.24, 2.45) is 5.73 Å². The molecular formula is C12H9ClFN3O2. The van der Waals surface area contributed by atoms with Gasteiger partial charge in [0.05, 0.1) is 6.54 Å². The molecule has 0 unspecified atom stereocenters. The lowest BCUT2D eigenvalue weighted by molar-refractivity contribution is 0.1000. The fourth-order valence-corrected chi connectivity index (χ4v) is 1.72. The van der Waals surface area contributed by atoms with E-state index in [9.17, 15) is 14.0 Å². The standard InChI is InChI=1S/C12H9ClFN3O2/c13-10-12(19)17(4-3-16-10)6-8-2-1-7(11(15)18)5-9(8)14/h1-5H,6H2,(H2,15,18). The van der Waals surface area contributed by atoms with Gasteiger partial charge in [0.15, 0.2) is 5.15 Å². The molecule has 0 radical (unpaired) electrons. The van der Waals surface area contributed by atoms with E-state index in [1.54, 1.807) is 0 Å². The van der Waals surface area contributed by atoms with Crippen LogP contribution in [0.1, 0.15) is 15.9 Å². The van der Waals surface area contributed by atoms with E-state index < -0.39 is 17.3 Å². The highest BCUT2D eigenvalue weighted by Gasteiger charge is 2.09. The summed E-state index contributed by atoms with van der Waals surface area (Å²) in [5.74, 6) is -1.33. The lowest BCUT2D eigenvalue weighted by Crippen LogP contribution is -2.22. The quantitative estimate of drug-likeness (QED) is 0.918. The molecule has 1 heterocycles. The predicted octanol–water partition coefficient (Wildman–Crippen LogP) is 1.18. The van der Waals surface area contributed by atoms with Gasteiger partial charge in [-0.15, -0.1) is 0 Å². The van der Waals surface area contributed by atoms with Crippen molar-refractivity contribution in [1.29, 1.82) is 0 Å². The Balaban J connectivity index is 2.36. The molecular weight excluding hydrogens is 273 g/mol. The van der Waals surface area contributed by atoms with Gasteiger partial charge < -0.3 is 10.3 Å². The molecule has 2 rings (SSSR count). The zero-order chi connectivity index (χ0) is 14.0. The zero-order valence-corrected chi connectivity index (χ0v) is 10.4. The fourth-order valence-electron chi connectivity index (χ4n) is 1.56. The van der Waals surface area contributed by atoms with Gasteiger partial charge in [0.2, 0.25) is 5.91 Å². The summed E-state index contributed by atoms with van der Waals surface area (Å²) in [6, 6.07) is 3.83. The van der Waals surface area contributed by atoms with Gasteiger partial charge in [-0.2, -0.15) is 0 Å². The second kappa shape index (κ2) is 5.19. The molecule has 19 heavy (non-hydrogen) atoms. The smallest absolute Gasteiger partial charge is 0.288 e. The summed E-state index contributed by atoms with van der Waals surface area (Å²) in [5.41, 5.74) is 4.85. The number of carbonyl (C=O) groups excluding carboxylic acids is 1. The monoisotopic (exact) mass is 281 g/mol. The van der Waals surface area contributed by atoms with E-state index in [0.717, 1.165) is 6.07 Å². The van der Waals surface area contributed by atoms with E-state index in [-0.39, 0.29) is 22.8 Å². The number of hydrogen-bond donors (Lipinski definition) is 1. The number of benzene rings is 1. The number of aromatic nitrogens is 2. The minimum atomic E-state index is -0.713. The van der Waals surface area contributed by atoms with Crippen LogP contribution in [0, 0.1) is 5.82 Å². The summed E-state index contributed by atoms with van der Waals surface area (Å²) in [5, 5.41) is -0.184. The first kappa shape index (κ1) is 13.2. The van der Waals surface area contributed by atoms with Gasteiger partial charge in [0, 0.05) is 23.5 Å². The number of halogens is 2. The summed E-state index contributed by atoms with van der Waals surface area (Å²) in [7, 11) is 0. The van der Waals surface area contributed by atoms with Crippen LogP contribution in [0.25, 0.3) is 0 Å². The van der Waals surface area contributed by atoms with Crippen LogP contribution in [0.4, 0.5) is 4.39 Å². The van der Waals surface area contributed by atoms with Gasteiger partial charge in [0.25, 0.3) is 5.56 Å². The first-order chi connectivity index (χ1) is 8.99. The van der Waals surface area contributed by atoms with Crippen molar-refractivity contribution in [3.8, 4) is 0 Å². The molecule has 7 heteroatoms. The molecule has 1 aromatic heterocycles. The van der Waals surface area contributed by atoms with Crippen molar-refractivity contribution >= 4 is 17.5 Å². The third-order valence-corrected chi connectivity index (χ3v) is 2.81. The highest BCUT2D eigenvalue weighted by molar-refractivity contribution is 6.29. The summed E-state index contributed by atoms with van der Waals surface area (Å²) in [6.45, 7) is -0.00799. The van der Waals surface area contributed by atoms with Crippen LogP contribution < -0.4 is 11.3 Å². The van der Waals surface area contributed by atoms with Crippen molar-refractivity contribution in [3.05, 3.63) is 63.0 Å². The van der Waals surface area contributed by atoms with E-state index in [0.29, 0.717) is 0 Å². The minimum Gasteiger partial charge on any atom is -0.366 e. The predicted molar refractivity (Wildman–Crippen MR) is 67.5 cm³/mol. The lowest BCUT2D eigenvalue weighted by atomic mass is 10.1. The highest BCUT2D eigenvalue weighted by Crippen LogP contribution is 2.11. The maximum absolute atomic E-state index is 13.8. The molecule has 98 valence electrons. The van der Waals surface area contributed by atoms with Gasteiger partial charge in [0.1, 0.15) is 5.82 Å². The Hall–Kier alpha value is -2.21. The molecule has 5 nitrogen and oxygen atoms in total. The van der Waals surface area contributed by atoms with Crippen LogP contribution in [0.15, 0.2) is 35.4 Å². The molecule has 1 amide bonds. The van der Waals surface area contributed by atoms with Crippen LogP contribution in [0.2, 0.25) is 5.15 Å². The van der Waals surface area contributed by atoms with Crippen LogP contribution in [-0.4, -0.2) is 15.5 Å². The van der Waals surface area contributed by atoms with Crippen LogP contribution in [-0.2, 0) is 6.54 Å². The molecule has 0 atom stereocenters. The summed E-state index contributed by atoms with van der Waals surface area (Å²) < 4.78 is 15.0. The van der Waals surface area contributed by atoms with Crippen LogP contribution in [0.5, 0.6) is 0 Å². The van der Waals surface area contributed by atoms with E-state index in [4.69, 9.17) is 17.3 Å². The van der Waals surface area contributed by atoms with Crippen molar-refractivity contribution in [2.75, 3.05) is 0 Å². The summed E-state index contributed by atoms with van der Waals surface area (Å²) in [6.07, 6.45) is 2.75. The van der Waals surface area contributed by atoms with Crippen molar-refractivity contribution in [2.45, 2.75) is 6.54 Å². The number of carbonyl (C=O) groups is 1. The number of hydrogen-bond acceptors (Lipinski definition) is 3. The maximum Gasteiger partial charge on any atom is 0.288 e. The van der Waals surface area contributed by atoms with Gasteiger partial charge in [-0.25, -0.2) is 9.37 Å². The van der Waals surface area contributed by atoms with Crippen LogP contribution >= 0.6 is 11.6 Å². The molecule has 2 N–H and O–H groups in total. The molecule has 0 saturated heterocycles. The zero-order valence-electron chi connectivity index (χ0n) is 9.64. The largest absolute Gasteiger partial charge is 0.366 e. The Bertz CT molecular complexity index is 700. The normalized spacial score (nSPS) is 10.4. The van der Waals surface area contributed by atoms with E-state index in [2.05, 4.69) is 4.98 Å². The van der Waals surface area contributed by atoms with Gasteiger partial charge in [-0.3, -0.25) is 9.59 Å². The molecule has 0 spiro atoms. The second-order valence-corrected chi connectivity index (χ2v) is 4.18. The average Bonchev–Trinajstić information content (AvgIpc) is 2.37. The molecule has 0 saturated carbocycles. The maximum atomic E-state index is 13.8. The fraction of sp³-hybridized carbons (Fsp3) is 0.0833. The molecule has 1 aromatic carbocycles. The summed E-state index contributed by atoms with van der Waals surface area (Å²) >= 11 is 5.59. The molecule has 0 bridgehead atoms. The molecule has 0 aliphatic rings. The highest BCUT2D eigenvalue weighted by atomic mass is 35.5. The first-order valence-electron chi connectivity index (χ1n) is 5.28. The Morgan fingerprint density at radius 2 is 2.21 bits per heavy atom.